The molecule has 4 aromatic rings. The maximum atomic E-state index is 2.74. The van der Waals surface area contributed by atoms with Crippen LogP contribution in [0.15, 0.2) is 103 Å². The Morgan fingerprint density at radius 3 is 1.65 bits per heavy atom. The molecule has 48 heavy (non-hydrogen) atoms. The zero-order chi connectivity index (χ0) is 33.9. The Hall–Kier alpha value is -2.06. The van der Waals surface area contributed by atoms with Gasteiger partial charge in [-0.15, -0.1) is 0 Å². The van der Waals surface area contributed by atoms with Crippen molar-refractivity contribution in [3.05, 3.63) is 125 Å². The predicted octanol–water partition coefficient (Wildman–Crippen LogP) is 14.3. The van der Waals surface area contributed by atoms with Crippen LogP contribution in [-0.2, 0) is 15.6 Å². The normalized spacial score (nSPS) is 24.2. The van der Waals surface area contributed by atoms with Gasteiger partial charge in [0.15, 0.2) is 0 Å². The van der Waals surface area contributed by atoms with Gasteiger partial charge in [-0.3, -0.25) is 0 Å². The zero-order valence-corrected chi connectivity index (χ0v) is 35.5. The van der Waals surface area contributed by atoms with E-state index in [1.807, 2.05) is 0 Å². The average Bonchev–Trinajstić information content (AvgIpc) is 3.41. The second-order valence-corrected chi connectivity index (χ2v) is 90.3. The molecule has 7 rings (SSSR count). The molecule has 4 aromatic carbocycles. The van der Waals surface area contributed by atoms with Crippen LogP contribution in [0.4, 0.5) is 0 Å². The Morgan fingerprint density at radius 2 is 1.04 bits per heavy atom. The summed E-state index contributed by atoms with van der Waals surface area (Å²) in [6, 6.07) is 44.8. The number of fused-ring (bicyclic) bond motifs is 4. The Balaban J connectivity index is 1.77. The summed E-state index contributed by atoms with van der Waals surface area (Å²) in [6.45, 7) is 18.6. The molecule has 1 saturated heterocycles. The minimum absolute atomic E-state index is 0.622. The van der Waals surface area contributed by atoms with Gasteiger partial charge in [-0.05, 0) is 0 Å². The molecule has 0 amide bonds. The topological polar surface area (TPSA) is 0 Å². The minimum atomic E-state index is -4.77. The molecule has 252 valence electrons. The maximum absolute atomic E-state index is 4.77. The number of benzene rings is 4. The van der Waals surface area contributed by atoms with E-state index in [-0.39, 0.29) is 0 Å². The molecule has 0 aromatic heterocycles. The first-order valence-corrected chi connectivity index (χ1v) is 39.2. The molecular weight excluding hydrogens is 688 g/mol. The molecule has 1 fully saturated rings. The third-order valence-corrected chi connectivity index (χ3v) is 181. The molecule has 3 aliphatic rings. The van der Waals surface area contributed by atoms with Crippen molar-refractivity contribution in [2.24, 2.45) is 0 Å². The summed E-state index contributed by atoms with van der Waals surface area (Å²) >= 11 is -4.77. The number of hydrogen-bond donors (Lipinski definition) is 0. The van der Waals surface area contributed by atoms with Crippen LogP contribution < -0.4 is 0 Å². The van der Waals surface area contributed by atoms with Crippen molar-refractivity contribution < 1.29 is 15.6 Å². The first-order valence-electron chi connectivity index (χ1n) is 19.7. The summed E-state index contributed by atoms with van der Waals surface area (Å²) in [4.78, 5) is 0. The van der Waals surface area contributed by atoms with Crippen molar-refractivity contribution in [1.29, 1.82) is 0 Å². The van der Waals surface area contributed by atoms with Gasteiger partial charge in [0, 0.05) is 0 Å². The van der Waals surface area contributed by atoms with Crippen molar-refractivity contribution in [2.75, 3.05) is 0 Å². The van der Waals surface area contributed by atoms with Crippen LogP contribution in [0.2, 0.25) is 32.4 Å². The van der Waals surface area contributed by atoms with Crippen molar-refractivity contribution in [1.82, 2.24) is 0 Å². The first kappa shape index (κ1) is 34.4. The molecule has 3 heteroatoms. The van der Waals surface area contributed by atoms with Gasteiger partial charge in [0.25, 0.3) is 0 Å². The first-order chi connectivity index (χ1) is 23.4. The quantitative estimate of drug-likeness (QED) is 0.119. The number of rotatable bonds is 13. The van der Waals surface area contributed by atoms with Crippen LogP contribution in [0.5, 0.6) is 0 Å². The van der Waals surface area contributed by atoms with E-state index in [2.05, 4.69) is 152 Å². The van der Waals surface area contributed by atoms with Gasteiger partial charge in [-0.25, -0.2) is 0 Å². The van der Waals surface area contributed by atoms with Gasteiger partial charge in [0.05, 0.1) is 0 Å². The summed E-state index contributed by atoms with van der Waals surface area (Å²) in [5, 5.41) is 0. The Labute approximate surface area is 290 Å². The summed E-state index contributed by atoms with van der Waals surface area (Å²) in [5.41, 5.74) is 14.6. The van der Waals surface area contributed by atoms with E-state index in [9.17, 15) is 0 Å². The SMILES string of the molecule is CCC[CH2][Zr]1([CH2]CCC)([CH]2C(C)=Cc3ccccc32)([CH]2c3ccccc3-c3c(-c4ccccc4)cccc32)[Si](CC)(CC)[Si]1(CC)CC. The van der Waals surface area contributed by atoms with E-state index in [1.54, 1.807) is 47.2 Å². The van der Waals surface area contributed by atoms with Crippen LogP contribution in [0.25, 0.3) is 28.3 Å². The molecule has 0 radical (unpaired) electrons. The van der Waals surface area contributed by atoms with Gasteiger partial charge in [0.2, 0.25) is 0 Å². The molecule has 1 heterocycles. The number of allylic oxidation sites excluding steroid dienone is 1. The molecule has 2 unspecified atom stereocenters. The standard InChI is InChI=1S/C19H13.C10H9.C8H20Si2.2C4H9.Zr/c1-2-7-14(8-3-1)17-12-6-10-16-13-15-9-4-5-11-18(15)19(16)17;1-8-6-9-4-2-3-5-10(9)7-8;1-5-9(6-2)10(7-3)8-4;2*1-3-4-2;/h1-13H;2-7H,1H3;5-8H2,1-4H3;2*1,3-4H2,2H3;. The second kappa shape index (κ2) is 12.0. The molecule has 1 aliphatic heterocycles. The Morgan fingerprint density at radius 1 is 0.521 bits per heavy atom. The average molecular weight is 748 g/mol. The third kappa shape index (κ3) is 3.46. The van der Waals surface area contributed by atoms with Gasteiger partial charge in [-0.1, -0.05) is 0 Å². The van der Waals surface area contributed by atoms with E-state index in [1.165, 1.54) is 61.0 Å². The van der Waals surface area contributed by atoms with Crippen LogP contribution in [0, 0.1) is 0 Å². The third-order valence-electron chi connectivity index (χ3n) is 16.6. The fraction of sp³-hybridized carbons (Fsp3) is 0.422. The number of hydrogen-bond acceptors (Lipinski definition) is 0. The van der Waals surface area contributed by atoms with Crippen molar-refractivity contribution >= 4 is 15.5 Å². The zero-order valence-electron chi connectivity index (χ0n) is 31.0. The van der Waals surface area contributed by atoms with E-state index >= 15 is 0 Å². The van der Waals surface area contributed by atoms with Crippen LogP contribution in [0.1, 0.15) is 104 Å². The van der Waals surface area contributed by atoms with Crippen LogP contribution >= 0.6 is 0 Å². The van der Waals surface area contributed by atoms with Crippen molar-refractivity contribution in [2.45, 2.75) is 114 Å². The van der Waals surface area contributed by atoms with Crippen molar-refractivity contribution in [3.63, 3.8) is 0 Å². The summed E-state index contributed by atoms with van der Waals surface area (Å²) in [7, 11) is 0. The Kier molecular flexibility index (Phi) is 8.61. The molecule has 0 nitrogen and oxygen atoms in total. The number of unbranched alkanes of at least 4 members (excludes halogenated alkanes) is 2. The van der Waals surface area contributed by atoms with E-state index < -0.39 is 25.1 Å². The van der Waals surface area contributed by atoms with Gasteiger partial charge >= 0.3 is 292 Å². The van der Waals surface area contributed by atoms with Crippen molar-refractivity contribution in [3.8, 4) is 22.3 Å². The second-order valence-electron chi connectivity index (χ2n) is 16.5. The molecular formula is C45H60Si2Zr. The fourth-order valence-electron chi connectivity index (χ4n) is 16.5. The Bertz CT molecular complexity index is 1850. The van der Waals surface area contributed by atoms with E-state index in [4.69, 9.17) is 0 Å². The molecule has 0 saturated carbocycles. The predicted molar refractivity (Wildman–Crippen MR) is 215 cm³/mol. The molecule has 0 N–H and O–H groups in total. The van der Waals surface area contributed by atoms with Gasteiger partial charge in [-0.2, -0.15) is 0 Å². The fourth-order valence-corrected chi connectivity index (χ4v) is 321. The molecule has 0 spiro atoms. The van der Waals surface area contributed by atoms with E-state index in [0.717, 1.165) is 0 Å². The monoisotopic (exact) mass is 746 g/mol. The van der Waals surface area contributed by atoms with Crippen LogP contribution in [0.3, 0.4) is 0 Å². The molecule has 0 bridgehead atoms. The van der Waals surface area contributed by atoms with Gasteiger partial charge in [0.1, 0.15) is 0 Å². The molecule has 2 atom stereocenters. The molecule has 2 aliphatic carbocycles. The van der Waals surface area contributed by atoms with Crippen LogP contribution in [-0.4, -0.2) is 9.44 Å². The summed E-state index contributed by atoms with van der Waals surface area (Å²) in [6.07, 6.45) is 8.18. The van der Waals surface area contributed by atoms with E-state index in [0.29, 0.717) is 7.25 Å². The summed E-state index contributed by atoms with van der Waals surface area (Å²) in [5.74, 6) is 0. The van der Waals surface area contributed by atoms with Gasteiger partial charge < -0.3 is 0 Å². The summed E-state index contributed by atoms with van der Waals surface area (Å²) < 4.78 is 0.877.